The van der Waals surface area contributed by atoms with Crippen molar-refractivity contribution in [2.45, 2.75) is 31.2 Å². The van der Waals surface area contributed by atoms with Crippen LogP contribution in [0.1, 0.15) is 36.7 Å². The van der Waals surface area contributed by atoms with Gasteiger partial charge in [-0.1, -0.05) is 18.2 Å². The lowest BCUT2D eigenvalue weighted by molar-refractivity contribution is -0.112. The molecule has 0 radical (unpaired) electrons. The number of ether oxygens (including phenoxy) is 2. The number of nitrogens with one attached hydrogen (secondary N) is 1. The lowest BCUT2D eigenvalue weighted by Gasteiger charge is -2.12. The normalized spacial score (nSPS) is 11.6. The molecule has 0 spiro atoms. The number of amides is 1. The smallest absolute Gasteiger partial charge is 0.346 e. The fourth-order valence-corrected chi connectivity index (χ4v) is 4.51. The molecule has 37 heavy (non-hydrogen) atoms. The van der Waals surface area contributed by atoms with Crippen molar-refractivity contribution in [3.63, 3.8) is 0 Å². The highest BCUT2D eigenvalue weighted by molar-refractivity contribution is 7.91. The summed E-state index contributed by atoms with van der Waals surface area (Å²) in [6.45, 7) is 4.87. The zero-order valence-corrected chi connectivity index (χ0v) is 21.5. The minimum Gasteiger partial charge on any atom is -0.490 e. The lowest BCUT2D eigenvalue weighted by Crippen LogP contribution is -2.16. The number of hydrogen-bond donors (Lipinski definition) is 1. The Morgan fingerprint density at radius 3 is 2.59 bits per heavy atom. The van der Waals surface area contributed by atoms with E-state index in [4.69, 9.17) is 9.47 Å². The van der Waals surface area contributed by atoms with E-state index < -0.39 is 37.9 Å². The number of aromatic nitrogens is 2. The average molecular weight is 545 g/mol. The number of carbonyl (C=O) groups excluding carboxylic acids is 2. The zero-order chi connectivity index (χ0) is 27.2. The van der Waals surface area contributed by atoms with Crippen molar-refractivity contribution < 1.29 is 31.9 Å². The third-order valence-electron chi connectivity index (χ3n) is 4.74. The number of benzene rings is 2. The van der Waals surface area contributed by atoms with Crippen LogP contribution in [0, 0.1) is 17.1 Å². The molecule has 1 aromatic heterocycles. The lowest BCUT2D eigenvalue weighted by atomic mass is 10.1. The highest BCUT2D eigenvalue weighted by Crippen LogP contribution is 2.30. The van der Waals surface area contributed by atoms with Gasteiger partial charge in [0, 0.05) is 11.5 Å². The second-order valence-electron chi connectivity index (χ2n) is 7.61. The zero-order valence-electron chi connectivity index (χ0n) is 19.9. The molecule has 0 fully saturated rings. The largest absolute Gasteiger partial charge is 0.490 e. The first-order chi connectivity index (χ1) is 17.6. The Labute approximate surface area is 216 Å². The number of nitriles is 1. The van der Waals surface area contributed by atoms with Crippen LogP contribution in [0.4, 0.5) is 9.52 Å². The summed E-state index contributed by atoms with van der Waals surface area (Å²) < 4.78 is 52.9. The molecule has 0 saturated heterocycles. The Morgan fingerprint density at radius 2 is 1.95 bits per heavy atom. The van der Waals surface area contributed by atoms with Crippen LogP contribution in [0.5, 0.6) is 11.5 Å². The molecule has 2 aromatic carbocycles. The minimum atomic E-state index is -3.72. The fourth-order valence-electron chi connectivity index (χ4n) is 2.82. The van der Waals surface area contributed by atoms with Gasteiger partial charge in [0.15, 0.2) is 11.5 Å². The molecular weight excluding hydrogens is 523 g/mol. The van der Waals surface area contributed by atoms with E-state index in [0.717, 1.165) is 6.07 Å². The van der Waals surface area contributed by atoms with Gasteiger partial charge in [0.2, 0.25) is 15.0 Å². The number of sulfone groups is 1. The van der Waals surface area contributed by atoms with Crippen molar-refractivity contribution in [2.24, 2.45) is 0 Å². The summed E-state index contributed by atoms with van der Waals surface area (Å²) in [4.78, 5) is 28.8. The van der Waals surface area contributed by atoms with Crippen LogP contribution in [0.25, 0.3) is 6.08 Å². The van der Waals surface area contributed by atoms with Crippen molar-refractivity contribution in [2.75, 3.05) is 11.9 Å². The molecule has 3 aromatic rings. The maximum Gasteiger partial charge on any atom is 0.346 e. The predicted octanol–water partition coefficient (Wildman–Crippen LogP) is 4.02. The summed E-state index contributed by atoms with van der Waals surface area (Å²) in [7, 11) is -3.72. The Hall–Kier alpha value is -4.15. The first kappa shape index (κ1) is 27.4. The predicted molar refractivity (Wildman–Crippen MR) is 133 cm³/mol. The first-order valence-electron chi connectivity index (χ1n) is 10.8. The number of hydrogen-bond acceptors (Lipinski definition) is 10. The van der Waals surface area contributed by atoms with E-state index >= 15 is 0 Å². The molecule has 3 rings (SSSR count). The van der Waals surface area contributed by atoms with E-state index in [1.54, 1.807) is 13.0 Å². The van der Waals surface area contributed by atoms with Gasteiger partial charge in [-0.05, 0) is 56.7 Å². The van der Waals surface area contributed by atoms with Gasteiger partial charge in [0.05, 0.1) is 17.4 Å². The van der Waals surface area contributed by atoms with E-state index in [2.05, 4.69) is 14.7 Å². The van der Waals surface area contributed by atoms with Crippen molar-refractivity contribution in [1.82, 2.24) is 9.36 Å². The molecule has 1 amide bonds. The quantitative estimate of drug-likeness (QED) is 0.182. The SMILES string of the molecule is CCOc1cc(C=C(C#N)C(=O)Nc2nc(S(=O)(=O)C(C)C)ns2)ccc1OC(=O)c1ccccc1F. The maximum atomic E-state index is 13.9. The van der Waals surface area contributed by atoms with E-state index in [-0.39, 0.29) is 34.4 Å². The number of carbonyl (C=O) groups is 2. The maximum absolute atomic E-state index is 13.9. The molecule has 0 aliphatic rings. The van der Waals surface area contributed by atoms with Crippen molar-refractivity contribution in [3.05, 3.63) is 65.0 Å². The molecule has 0 bridgehead atoms. The fraction of sp³-hybridized carbons (Fsp3) is 0.208. The van der Waals surface area contributed by atoms with Crippen LogP contribution in [-0.2, 0) is 14.6 Å². The molecule has 192 valence electrons. The summed E-state index contributed by atoms with van der Waals surface area (Å²) in [5.41, 5.74) is -0.207. The monoisotopic (exact) mass is 544 g/mol. The summed E-state index contributed by atoms with van der Waals surface area (Å²) in [6, 6.07) is 11.4. The molecule has 0 atom stereocenters. The summed E-state index contributed by atoms with van der Waals surface area (Å²) >= 11 is 0.668. The van der Waals surface area contributed by atoms with E-state index in [1.165, 1.54) is 56.3 Å². The molecule has 0 aliphatic carbocycles. The van der Waals surface area contributed by atoms with E-state index in [9.17, 15) is 27.7 Å². The van der Waals surface area contributed by atoms with Crippen LogP contribution in [0.2, 0.25) is 0 Å². The topological polar surface area (TPSA) is 148 Å². The van der Waals surface area contributed by atoms with Crippen molar-refractivity contribution in [1.29, 1.82) is 5.26 Å². The second-order valence-corrected chi connectivity index (χ2v) is 10.8. The number of esters is 1. The highest BCUT2D eigenvalue weighted by atomic mass is 32.2. The van der Waals surface area contributed by atoms with Crippen LogP contribution in [0.3, 0.4) is 0 Å². The van der Waals surface area contributed by atoms with Gasteiger partial charge in [0.1, 0.15) is 17.5 Å². The summed E-state index contributed by atoms with van der Waals surface area (Å²) in [5.74, 6) is -2.34. The van der Waals surface area contributed by atoms with Crippen LogP contribution < -0.4 is 14.8 Å². The molecule has 10 nitrogen and oxygen atoms in total. The number of anilines is 1. The van der Waals surface area contributed by atoms with Gasteiger partial charge in [0.25, 0.3) is 11.1 Å². The third kappa shape index (κ3) is 6.54. The van der Waals surface area contributed by atoms with Gasteiger partial charge in [-0.25, -0.2) is 17.6 Å². The highest BCUT2D eigenvalue weighted by Gasteiger charge is 2.25. The molecule has 1 N–H and O–H groups in total. The molecule has 0 unspecified atom stereocenters. The van der Waals surface area contributed by atoms with Gasteiger partial charge in [-0.15, -0.1) is 0 Å². The Bertz CT molecular complexity index is 1510. The Balaban J connectivity index is 1.82. The number of nitrogens with zero attached hydrogens (tertiary/aromatic N) is 3. The second kappa shape index (κ2) is 11.7. The molecule has 13 heteroatoms. The Morgan fingerprint density at radius 1 is 1.22 bits per heavy atom. The average Bonchev–Trinajstić information content (AvgIpc) is 3.33. The van der Waals surface area contributed by atoms with Gasteiger partial charge < -0.3 is 9.47 Å². The van der Waals surface area contributed by atoms with E-state index in [0.29, 0.717) is 17.1 Å². The first-order valence-corrected chi connectivity index (χ1v) is 13.1. The van der Waals surface area contributed by atoms with Crippen molar-refractivity contribution >= 4 is 44.5 Å². The minimum absolute atomic E-state index is 0.0166. The van der Waals surface area contributed by atoms with Crippen molar-refractivity contribution in [3.8, 4) is 17.6 Å². The Kier molecular flexibility index (Phi) is 8.69. The van der Waals surface area contributed by atoms with Crippen LogP contribution in [0.15, 0.2) is 53.2 Å². The summed E-state index contributed by atoms with van der Waals surface area (Å²) in [6.07, 6.45) is 1.26. The number of rotatable bonds is 9. The molecule has 0 saturated carbocycles. The molecule has 0 aliphatic heterocycles. The van der Waals surface area contributed by atoms with Gasteiger partial charge in [-0.2, -0.15) is 14.6 Å². The van der Waals surface area contributed by atoms with E-state index in [1.807, 2.05) is 0 Å². The standard InChI is InChI=1S/C24H21FN4O6S2/c1-4-34-20-12-15(9-10-19(20)35-22(31)17-7-5-6-8-18(17)25)11-16(13-26)21(30)27-23-28-24(29-36-23)37(32,33)14(2)3/h5-12,14H,4H2,1-3H3,(H,27,28,29,30). The van der Waals surface area contributed by atoms with Crippen LogP contribution in [-0.4, -0.2) is 41.5 Å². The molecule has 1 heterocycles. The third-order valence-corrected chi connectivity index (χ3v) is 7.42. The van der Waals surface area contributed by atoms with Crippen LogP contribution >= 0.6 is 11.5 Å². The van der Waals surface area contributed by atoms with Gasteiger partial charge in [-0.3, -0.25) is 10.1 Å². The molecular formula is C24H21FN4O6S2. The number of halogens is 1. The summed E-state index contributed by atoms with van der Waals surface area (Å²) in [5, 5.41) is 10.6. The van der Waals surface area contributed by atoms with Gasteiger partial charge >= 0.3 is 5.97 Å².